The predicted molar refractivity (Wildman–Crippen MR) is 76.0 cm³/mol. The van der Waals surface area contributed by atoms with Gasteiger partial charge in [0.25, 0.3) is 0 Å². The second-order valence-corrected chi connectivity index (χ2v) is 5.57. The summed E-state index contributed by atoms with van der Waals surface area (Å²) in [6.45, 7) is 2.01. The van der Waals surface area contributed by atoms with Crippen LogP contribution < -0.4 is 10.6 Å². The van der Waals surface area contributed by atoms with Gasteiger partial charge in [-0.15, -0.1) is 11.3 Å². The van der Waals surface area contributed by atoms with E-state index in [-0.39, 0.29) is 6.04 Å². The molecule has 2 N–H and O–H groups in total. The number of rotatable bonds is 4. The van der Waals surface area contributed by atoms with E-state index in [4.69, 9.17) is 5.73 Å². The highest BCUT2D eigenvalue weighted by molar-refractivity contribution is 7.09. The Hall–Kier alpha value is -1.46. The Labute approximate surface area is 111 Å². The highest BCUT2D eigenvalue weighted by Gasteiger charge is 2.10. The molecule has 0 aliphatic rings. The number of nitrogens with zero attached hydrogens (tertiary/aromatic N) is 3. The summed E-state index contributed by atoms with van der Waals surface area (Å²) in [5.74, 6) is 0.940. The van der Waals surface area contributed by atoms with Crippen molar-refractivity contribution in [2.24, 2.45) is 5.73 Å². The van der Waals surface area contributed by atoms with Crippen LogP contribution in [0.2, 0.25) is 0 Å². The summed E-state index contributed by atoms with van der Waals surface area (Å²) >= 11 is 1.66. The Morgan fingerprint density at radius 1 is 1.39 bits per heavy atom. The van der Waals surface area contributed by atoms with Crippen molar-refractivity contribution >= 4 is 17.2 Å². The lowest BCUT2D eigenvalue weighted by Crippen LogP contribution is -2.15. The minimum Gasteiger partial charge on any atom is -0.363 e. The van der Waals surface area contributed by atoms with E-state index in [1.165, 1.54) is 0 Å². The minimum absolute atomic E-state index is 0.0461. The van der Waals surface area contributed by atoms with Crippen molar-refractivity contribution in [3.05, 3.63) is 40.0 Å². The van der Waals surface area contributed by atoms with Gasteiger partial charge in [-0.05, 0) is 18.6 Å². The maximum atomic E-state index is 6.17. The van der Waals surface area contributed by atoms with E-state index < -0.39 is 0 Å². The first kappa shape index (κ1) is 13.0. The quantitative estimate of drug-likeness (QED) is 0.917. The third-order valence-corrected chi connectivity index (χ3v) is 3.58. The van der Waals surface area contributed by atoms with E-state index in [9.17, 15) is 0 Å². The molecule has 18 heavy (non-hydrogen) atoms. The summed E-state index contributed by atoms with van der Waals surface area (Å²) in [6, 6.07) is 3.98. The minimum atomic E-state index is -0.0461. The van der Waals surface area contributed by atoms with E-state index in [1.807, 2.05) is 44.2 Å². The Balaban J connectivity index is 2.06. The van der Waals surface area contributed by atoms with Crippen molar-refractivity contribution in [1.29, 1.82) is 0 Å². The standard InChI is InChI=1S/C13H18N4S/c1-9-16-11(8-18-9)6-12(14)10-4-5-13(15-7-10)17(2)3/h4-5,7-8,12H,6,14H2,1-3H3. The smallest absolute Gasteiger partial charge is 0.127 e. The van der Waals surface area contributed by atoms with Gasteiger partial charge in [0, 0.05) is 38.1 Å². The van der Waals surface area contributed by atoms with Gasteiger partial charge in [-0.3, -0.25) is 0 Å². The Morgan fingerprint density at radius 3 is 2.67 bits per heavy atom. The summed E-state index contributed by atoms with van der Waals surface area (Å²) in [4.78, 5) is 10.8. The van der Waals surface area contributed by atoms with E-state index in [0.29, 0.717) is 0 Å². The van der Waals surface area contributed by atoms with Gasteiger partial charge >= 0.3 is 0 Å². The average Bonchev–Trinajstić information content (AvgIpc) is 2.75. The van der Waals surface area contributed by atoms with Crippen LogP contribution in [0, 0.1) is 6.92 Å². The molecule has 0 radical (unpaired) electrons. The molecule has 0 saturated heterocycles. The van der Waals surface area contributed by atoms with Crippen molar-refractivity contribution in [3.8, 4) is 0 Å². The summed E-state index contributed by atoms with van der Waals surface area (Å²) < 4.78 is 0. The molecule has 2 aromatic heterocycles. The molecule has 5 heteroatoms. The first-order chi connectivity index (χ1) is 8.56. The normalized spacial score (nSPS) is 12.4. The maximum absolute atomic E-state index is 6.17. The zero-order valence-electron chi connectivity index (χ0n) is 10.9. The third-order valence-electron chi connectivity index (χ3n) is 2.75. The van der Waals surface area contributed by atoms with Crippen LogP contribution in [-0.4, -0.2) is 24.1 Å². The van der Waals surface area contributed by atoms with Gasteiger partial charge in [0.1, 0.15) is 5.82 Å². The largest absolute Gasteiger partial charge is 0.363 e. The number of aromatic nitrogens is 2. The summed E-state index contributed by atoms with van der Waals surface area (Å²) in [6.07, 6.45) is 2.60. The highest BCUT2D eigenvalue weighted by atomic mass is 32.1. The van der Waals surface area contributed by atoms with Crippen molar-refractivity contribution in [2.75, 3.05) is 19.0 Å². The molecule has 0 aliphatic carbocycles. The van der Waals surface area contributed by atoms with Crippen LogP contribution in [0.15, 0.2) is 23.7 Å². The molecule has 0 bridgehead atoms. The van der Waals surface area contributed by atoms with Gasteiger partial charge in [-0.2, -0.15) is 0 Å². The highest BCUT2D eigenvalue weighted by Crippen LogP contribution is 2.18. The molecular formula is C13H18N4S. The fourth-order valence-corrected chi connectivity index (χ4v) is 2.35. The molecule has 96 valence electrons. The van der Waals surface area contributed by atoms with Crippen LogP contribution in [0.3, 0.4) is 0 Å². The first-order valence-electron chi connectivity index (χ1n) is 5.86. The first-order valence-corrected chi connectivity index (χ1v) is 6.74. The van der Waals surface area contributed by atoms with E-state index in [2.05, 4.69) is 15.3 Å². The summed E-state index contributed by atoms with van der Waals surface area (Å²) in [7, 11) is 3.94. The zero-order valence-corrected chi connectivity index (χ0v) is 11.7. The van der Waals surface area contributed by atoms with Crippen molar-refractivity contribution in [3.63, 3.8) is 0 Å². The number of pyridine rings is 1. The predicted octanol–water partition coefficient (Wildman–Crippen LogP) is 2.16. The van der Waals surface area contributed by atoms with Gasteiger partial charge < -0.3 is 10.6 Å². The van der Waals surface area contributed by atoms with Gasteiger partial charge in [0.2, 0.25) is 0 Å². The average molecular weight is 262 g/mol. The number of aryl methyl sites for hydroxylation is 1. The van der Waals surface area contributed by atoms with Gasteiger partial charge in [0.05, 0.1) is 10.7 Å². The number of anilines is 1. The molecule has 0 saturated carbocycles. The molecule has 0 spiro atoms. The lowest BCUT2D eigenvalue weighted by Gasteiger charge is -2.14. The zero-order chi connectivity index (χ0) is 13.1. The van der Waals surface area contributed by atoms with Crippen LogP contribution in [0.5, 0.6) is 0 Å². The van der Waals surface area contributed by atoms with E-state index in [1.54, 1.807) is 11.3 Å². The van der Waals surface area contributed by atoms with Crippen LogP contribution in [0.4, 0.5) is 5.82 Å². The topological polar surface area (TPSA) is 55.0 Å². The molecule has 4 nitrogen and oxygen atoms in total. The van der Waals surface area contributed by atoms with Crippen molar-refractivity contribution in [1.82, 2.24) is 9.97 Å². The third kappa shape index (κ3) is 3.05. The van der Waals surface area contributed by atoms with E-state index >= 15 is 0 Å². The molecule has 0 fully saturated rings. The lowest BCUT2D eigenvalue weighted by atomic mass is 10.1. The summed E-state index contributed by atoms with van der Waals surface area (Å²) in [5, 5.41) is 3.15. The van der Waals surface area contributed by atoms with Crippen molar-refractivity contribution < 1.29 is 0 Å². The molecule has 0 amide bonds. The molecule has 2 rings (SSSR count). The fraction of sp³-hybridized carbons (Fsp3) is 0.385. The van der Waals surface area contributed by atoms with Crippen LogP contribution >= 0.6 is 11.3 Å². The Bertz CT molecular complexity index is 504. The molecule has 1 atom stereocenters. The van der Waals surface area contributed by atoms with Gasteiger partial charge in [0.15, 0.2) is 0 Å². The fourth-order valence-electron chi connectivity index (χ4n) is 1.73. The molecule has 2 aromatic rings. The second kappa shape index (κ2) is 5.46. The Kier molecular flexibility index (Phi) is 3.93. The monoisotopic (exact) mass is 262 g/mol. The molecule has 2 heterocycles. The molecular weight excluding hydrogens is 244 g/mol. The SMILES string of the molecule is Cc1nc(CC(N)c2ccc(N(C)C)nc2)cs1. The van der Waals surface area contributed by atoms with E-state index in [0.717, 1.165) is 28.5 Å². The van der Waals surface area contributed by atoms with Crippen molar-refractivity contribution in [2.45, 2.75) is 19.4 Å². The second-order valence-electron chi connectivity index (χ2n) is 4.51. The van der Waals surface area contributed by atoms with Crippen LogP contribution in [-0.2, 0) is 6.42 Å². The molecule has 1 unspecified atom stereocenters. The van der Waals surface area contributed by atoms with Gasteiger partial charge in [-0.25, -0.2) is 9.97 Å². The number of hydrogen-bond acceptors (Lipinski definition) is 5. The van der Waals surface area contributed by atoms with Crippen LogP contribution in [0.25, 0.3) is 0 Å². The number of thiazole rings is 1. The number of nitrogens with two attached hydrogens (primary N) is 1. The molecule has 0 aromatic carbocycles. The lowest BCUT2D eigenvalue weighted by molar-refractivity contribution is 0.705. The summed E-state index contributed by atoms with van der Waals surface area (Å²) in [5.41, 5.74) is 8.28. The van der Waals surface area contributed by atoms with Crippen LogP contribution in [0.1, 0.15) is 22.3 Å². The molecule has 0 aliphatic heterocycles. The maximum Gasteiger partial charge on any atom is 0.127 e. The number of hydrogen-bond donors (Lipinski definition) is 1. The van der Waals surface area contributed by atoms with Gasteiger partial charge in [-0.1, -0.05) is 6.07 Å². The Morgan fingerprint density at radius 2 is 2.17 bits per heavy atom.